The van der Waals surface area contributed by atoms with Crippen molar-refractivity contribution in [2.45, 2.75) is 51.3 Å². The molecule has 0 radical (unpaired) electrons. The molecule has 0 unspecified atom stereocenters. The van der Waals surface area contributed by atoms with Crippen LogP contribution in [0.25, 0.3) is 0 Å². The van der Waals surface area contributed by atoms with Crippen LogP contribution in [0.4, 0.5) is 0 Å². The predicted molar refractivity (Wildman–Crippen MR) is 106 cm³/mol. The first-order valence-electron chi connectivity index (χ1n) is 9.86. The van der Waals surface area contributed by atoms with Gasteiger partial charge in [0.05, 0.1) is 18.1 Å². The Labute approximate surface area is 163 Å². The molecule has 1 amide bonds. The highest BCUT2D eigenvalue weighted by Crippen LogP contribution is 2.21. The number of ether oxygens (including phenoxy) is 1. The zero-order chi connectivity index (χ0) is 19.9. The molecule has 0 bridgehead atoms. The van der Waals surface area contributed by atoms with Gasteiger partial charge in [0.2, 0.25) is 10.0 Å². The number of hydrogen-bond acceptors (Lipinski definition) is 4. The molecule has 1 aromatic carbocycles. The lowest BCUT2D eigenvalue weighted by atomic mass is 9.99. The molecule has 27 heavy (non-hydrogen) atoms. The molecule has 0 aromatic heterocycles. The Morgan fingerprint density at radius 3 is 2.59 bits per heavy atom. The van der Waals surface area contributed by atoms with Gasteiger partial charge in [0, 0.05) is 25.2 Å². The van der Waals surface area contributed by atoms with Crippen molar-refractivity contribution in [2.24, 2.45) is 5.92 Å². The van der Waals surface area contributed by atoms with Crippen LogP contribution >= 0.6 is 0 Å². The quantitative estimate of drug-likeness (QED) is 0.696. The zero-order valence-electron chi connectivity index (χ0n) is 16.7. The lowest BCUT2D eigenvalue weighted by Gasteiger charge is -2.26. The van der Waals surface area contributed by atoms with Crippen molar-refractivity contribution in [2.75, 3.05) is 32.8 Å². The van der Waals surface area contributed by atoms with Gasteiger partial charge in [0.1, 0.15) is 0 Å². The molecule has 7 heteroatoms. The second kappa shape index (κ2) is 10.2. The fraction of sp³-hybridized carbons (Fsp3) is 0.650. The van der Waals surface area contributed by atoms with Gasteiger partial charge in [-0.3, -0.25) is 4.79 Å². The van der Waals surface area contributed by atoms with E-state index in [1.807, 2.05) is 6.92 Å². The Hall–Kier alpha value is -1.44. The van der Waals surface area contributed by atoms with Crippen LogP contribution in [0.15, 0.2) is 23.1 Å². The highest BCUT2D eigenvalue weighted by Gasteiger charge is 2.27. The second-order valence-corrected chi connectivity index (χ2v) is 9.06. The van der Waals surface area contributed by atoms with Crippen molar-refractivity contribution in [1.29, 1.82) is 0 Å². The third kappa shape index (κ3) is 5.77. The van der Waals surface area contributed by atoms with Crippen molar-refractivity contribution in [3.05, 3.63) is 29.3 Å². The summed E-state index contributed by atoms with van der Waals surface area (Å²) in [6.45, 7) is 8.22. The maximum absolute atomic E-state index is 12.8. The monoisotopic (exact) mass is 396 g/mol. The normalized spacial score (nSPS) is 16.9. The summed E-state index contributed by atoms with van der Waals surface area (Å²) >= 11 is 0. The van der Waals surface area contributed by atoms with Crippen LogP contribution < -0.4 is 5.32 Å². The van der Waals surface area contributed by atoms with Crippen molar-refractivity contribution in [3.8, 4) is 0 Å². The molecule has 0 aliphatic carbocycles. The van der Waals surface area contributed by atoms with Crippen molar-refractivity contribution in [1.82, 2.24) is 9.62 Å². The van der Waals surface area contributed by atoms with Crippen LogP contribution in [0.5, 0.6) is 0 Å². The number of benzene rings is 1. The van der Waals surface area contributed by atoms with Gasteiger partial charge in [-0.15, -0.1) is 0 Å². The van der Waals surface area contributed by atoms with Gasteiger partial charge in [-0.2, -0.15) is 4.31 Å². The first-order valence-corrected chi connectivity index (χ1v) is 11.3. The number of nitrogens with one attached hydrogen (secondary N) is 1. The number of nitrogens with zero attached hydrogens (tertiary/aromatic N) is 1. The summed E-state index contributed by atoms with van der Waals surface area (Å²) in [4.78, 5) is 12.8. The molecule has 1 aromatic rings. The average molecular weight is 397 g/mol. The van der Waals surface area contributed by atoms with E-state index in [1.54, 1.807) is 12.1 Å². The first-order chi connectivity index (χ1) is 12.9. The number of morpholine rings is 1. The maximum atomic E-state index is 12.8. The fourth-order valence-electron chi connectivity index (χ4n) is 3.22. The van der Waals surface area contributed by atoms with E-state index in [9.17, 15) is 13.2 Å². The third-order valence-electron chi connectivity index (χ3n) is 5.16. The number of carbonyl (C=O) groups is 1. The molecule has 1 fully saturated rings. The van der Waals surface area contributed by atoms with Gasteiger partial charge in [0.15, 0.2) is 0 Å². The SMILES string of the molecule is CCCC[C@H](CC)CNC(=O)c1cc(S(=O)(=O)N2CCOCC2)ccc1C. The van der Waals surface area contributed by atoms with E-state index in [2.05, 4.69) is 19.2 Å². The summed E-state index contributed by atoms with van der Waals surface area (Å²) in [6.07, 6.45) is 4.41. The first kappa shape index (κ1) is 21.9. The fourth-order valence-corrected chi connectivity index (χ4v) is 4.65. The van der Waals surface area contributed by atoms with Crippen LogP contribution in [-0.4, -0.2) is 51.5 Å². The summed E-state index contributed by atoms with van der Waals surface area (Å²) in [5.74, 6) is 0.246. The molecular weight excluding hydrogens is 364 g/mol. The van der Waals surface area contributed by atoms with E-state index in [0.717, 1.165) is 31.2 Å². The number of hydrogen-bond donors (Lipinski definition) is 1. The maximum Gasteiger partial charge on any atom is 0.251 e. The van der Waals surface area contributed by atoms with E-state index >= 15 is 0 Å². The second-order valence-electron chi connectivity index (χ2n) is 7.12. The molecule has 1 atom stereocenters. The topological polar surface area (TPSA) is 75.7 Å². The lowest BCUT2D eigenvalue weighted by Crippen LogP contribution is -2.40. The Morgan fingerprint density at radius 2 is 1.96 bits per heavy atom. The minimum Gasteiger partial charge on any atom is -0.379 e. The molecule has 1 heterocycles. The van der Waals surface area contributed by atoms with Gasteiger partial charge in [-0.05, 0) is 37.0 Å². The summed E-state index contributed by atoms with van der Waals surface area (Å²) in [5.41, 5.74) is 1.20. The molecule has 6 nitrogen and oxygen atoms in total. The molecular formula is C20H32N2O4S. The number of aryl methyl sites for hydroxylation is 1. The molecule has 1 aliphatic rings. The van der Waals surface area contributed by atoms with E-state index in [-0.39, 0.29) is 10.8 Å². The highest BCUT2D eigenvalue weighted by atomic mass is 32.2. The van der Waals surface area contributed by atoms with Gasteiger partial charge in [0.25, 0.3) is 5.91 Å². The van der Waals surface area contributed by atoms with E-state index in [1.165, 1.54) is 10.4 Å². The Morgan fingerprint density at radius 1 is 1.26 bits per heavy atom. The number of sulfonamides is 1. The van der Waals surface area contributed by atoms with E-state index in [0.29, 0.717) is 44.3 Å². The van der Waals surface area contributed by atoms with E-state index in [4.69, 9.17) is 4.74 Å². The van der Waals surface area contributed by atoms with Crippen LogP contribution in [0, 0.1) is 12.8 Å². The van der Waals surface area contributed by atoms with Crippen LogP contribution in [0.3, 0.4) is 0 Å². The predicted octanol–water partition coefficient (Wildman–Crippen LogP) is 2.96. The van der Waals surface area contributed by atoms with Crippen LogP contribution in [0.1, 0.15) is 55.5 Å². The molecule has 0 saturated carbocycles. The summed E-state index contributed by atoms with van der Waals surface area (Å²) in [5, 5.41) is 2.99. The summed E-state index contributed by atoms with van der Waals surface area (Å²) in [6, 6.07) is 4.78. The minimum absolute atomic E-state index is 0.165. The number of amides is 1. The Balaban J connectivity index is 2.12. The van der Waals surface area contributed by atoms with Gasteiger partial charge in [-0.25, -0.2) is 8.42 Å². The summed E-state index contributed by atoms with van der Waals surface area (Å²) < 4.78 is 32.3. The zero-order valence-corrected chi connectivity index (χ0v) is 17.5. The lowest BCUT2D eigenvalue weighted by molar-refractivity contribution is 0.0730. The largest absolute Gasteiger partial charge is 0.379 e. The van der Waals surface area contributed by atoms with Gasteiger partial charge < -0.3 is 10.1 Å². The Bertz CT molecular complexity index is 727. The van der Waals surface area contributed by atoms with Gasteiger partial charge in [-0.1, -0.05) is 39.2 Å². The Kier molecular flexibility index (Phi) is 8.26. The van der Waals surface area contributed by atoms with Crippen molar-refractivity contribution >= 4 is 15.9 Å². The number of carbonyl (C=O) groups excluding carboxylic acids is 1. The minimum atomic E-state index is -3.61. The molecule has 1 N–H and O–H groups in total. The molecule has 0 spiro atoms. The molecule has 1 saturated heterocycles. The van der Waals surface area contributed by atoms with Crippen LogP contribution in [0.2, 0.25) is 0 Å². The number of rotatable bonds is 9. The summed E-state index contributed by atoms with van der Waals surface area (Å²) in [7, 11) is -3.61. The van der Waals surface area contributed by atoms with Crippen LogP contribution in [-0.2, 0) is 14.8 Å². The molecule has 2 rings (SSSR count). The van der Waals surface area contributed by atoms with Crippen molar-refractivity contribution in [3.63, 3.8) is 0 Å². The van der Waals surface area contributed by atoms with Crippen molar-refractivity contribution < 1.29 is 17.9 Å². The highest BCUT2D eigenvalue weighted by molar-refractivity contribution is 7.89. The molecule has 1 aliphatic heterocycles. The molecule has 152 valence electrons. The average Bonchev–Trinajstić information content (AvgIpc) is 2.68. The smallest absolute Gasteiger partial charge is 0.251 e. The van der Waals surface area contributed by atoms with E-state index < -0.39 is 10.0 Å². The standard InChI is InChI=1S/C20H32N2O4S/c1-4-6-7-17(5-2)15-21-20(23)19-14-18(9-8-16(19)3)27(24,25)22-10-12-26-13-11-22/h8-9,14,17H,4-7,10-13,15H2,1-3H3,(H,21,23)/t17-/m0/s1. The third-order valence-corrected chi connectivity index (χ3v) is 7.05. The van der Waals surface area contributed by atoms with Gasteiger partial charge >= 0.3 is 0 Å². The number of unbranched alkanes of at least 4 members (excludes halogenated alkanes) is 1.